The van der Waals surface area contributed by atoms with E-state index in [0.29, 0.717) is 21.0 Å². The van der Waals surface area contributed by atoms with Crippen LogP contribution in [0.4, 0.5) is 5.69 Å². The number of phenolic OH excluding ortho intramolecular Hbond substituents is 1. The van der Waals surface area contributed by atoms with Crippen molar-refractivity contribution in [2.45, 2.75) is 170 Å². The Morgan fingerprint density at radius 1 is 0.745 bits per heavy atom. The number of hydrogen-bond acceptors (Lipinski definition) is 25. The number of phenols is 1. The lowest BCUT2D eigenvalue weighted by Gasteiger charge is -2.46. The molecule has 31 nitrogen and oxygen atoms in total. The zero-order chi connectivity index (χ0) is 70.9. The second kappa shape index (κ2) is 32.8. The number of anilines is 1. The lowest BCUT2D eigenvalue weighted by Crippen LogP contribution is -2.64. The van der Waals surface area contributed by atoms with E-state index in [-0.39, 0.29) is 24.2 Å². The number of carbonyl (C=O) groups excluding carboxylic acids is 7. The number of aliphatic hydroxyl groups excluding tert-OH is 8. The molecule has 1 aromatic heterocycles. The van der Waals surface area contributed by atoms with Crippen molar-refractivity contribution in [2.75, 3.05) is 57.4 Å². The zero-order valence-corrected chi connectivity index (χ0v) is 56.3. The van der Waals surface area contributed by atoms with Crippen LogP contribution in [-0.4, -0.2) is 252 Å². The Labute approximate surface area is 571 Å². The number of carbonyl (C=O) groups is 7. The van der Waals surface area contributed by atoms with E-state index in [1.54, 1.807) is 12.1 Å². The number of fused-ring (bicyclic) bond motifs is 2. The Hall–Kier alpha value is -7.22. The van der Waals surface area contributed by atoms with E-state index in [1.165, 1.54) is 68.6 Å². The van der Waals surface area contributed by atoms with Gasteiger partial charge in [0.15, 0.2) is 11.5 Å². The third-order valence-corrected chi connectivity index (χ3v) is 20.9. The zero-order valence-electron chi connectivity index (χ0n) is 54.6. The van der Waals surface area contributed by atoms with Crippen molar-refractivity contribution in [1.29, 1.82) is 0 Å². The van der Waals surface area contributed by atoms with E-state index in [2.05, 4.69) is 70.2 Å². The van der Waals surface area contributed by atoms with Crippen LogP contribution in [-0.2, 0) is 35.2 Å². The summed E-state index contributed by atoms with van der Waals surface area (Å²) in [6.45, 7) is 4.02. The summed E-state index contributed by atoms with van der Waals surface area (Å²) < 4.78 is 33.4. The first-order valence-corrected chi connectivity index (χ1v) is 35.2. The predicted octanol–water partition coefficient (Wildman–Crippen LogP) is -0.437. The third kappa shape index (κ3) is 18.4. The van der Waals surface area contributed by atoms with Crippen LogP contribution >= 0.6 is 22.5 Å². The molecule has 7 amide bonds. The van der Waals surface area contributed by atoms with Gasteiger partial charge >= 0.3 is 0 Å². The van der Waals surface area contributed by atoms with E-state index in [0.717, 1.165) is 72.0 Å². The number of benzene rings is 3. The van der Waals surface area contributed by atoms with Gasteiger partial charge in [-0.05, 0) is 111 Å². The van der Waals surface area contributed by atoms with Crippen LogP contribution in [0.25, 0.3) is 21.1 Å². The topological polar surface area (TPSA) is 479 Å². The largest absolute Gasteiger partial charge is 0.504 e. The summed E-state index contributed by atoms with van der Waals surface area (Å²) in [5, 5.41) is 124. The van der Waals surface area contributed by atoms with Gasteiger partial charge in [-0.15, -0.1) is 10.2 Å². The number of piperidine rings is 1. The average molecular weight is 1410 g/mol. The highest BCUT2D eigenvalue weighted by molar-refractivity contribution is 8.15. The SMILES string of the molecule is C[C@@H](O)[C@@H]1NC(=O)[C@@H](NC(=O)c2ccc(-c3nnc(-c4ccc(N5CCC(C)(C6CCCCC6)CC5)cc4)s3)cc2)C[C@@H](O)CNC(=O)[C@@H]2[C@@H](O)[C@@H](C)CN2C(=O)[C@H]([C@H](O)CCNC(CO)CO)NC(=O)[C@H]([C@H](O)Cc2ccc(O)c(OS(O)(O)O)c2)NC(=O)[C@@H]2C[C@@H](O)CN2C1=O. The van der Waals surface area contributed by atoms with Crippen molar-refractivity contribution >= 4 is 69.5 Å². The monoisotopic (exact) mass is 1410 g/mol. The minimum absolute atomic E-state index is 0.0143. The van der Waals surface area contributed by atoms with Crippen LogP contribution in [0.2, 0.25) is 0 Å². The Kier molecular flexibility index (Phi) is 25.1. The number of aromatic hydroxyl groups is 1. The normalized spacial score (nSPS) is 27.0. The van der Waals surface area contributed by atoms with Gasteiger partial charge in [0.05, 0.1) is 55.9 Å². The van der Waals surface area contributed by atoms with Crippen LogP contribution in [0.1, 0.15) is 101 Å². The fraction of sp³-hybridized carbons (Fsp3) is 0.585. The number of aromatic nitrogens is 2. The van der Waals surface area contributed by atoms with E-state index >= 15 is 0 Å². The standard InChI is InChI=1S/C65H91N11O20S2/c1-34-30-76-54(55(34)85)60(90)67-29-43(80)27-45(68-56(86)37-10-12-38(13-11-37)61-72-73-62(97-61)39-14-16-42(17-15-39)74-23-20-65(3,21-24-74)40-7-5-4-6-8-40)57(87)69-51(35(2)79)63(91)75-31-44(81)28-46(75)58(88)70-52(49(84)25-36-9-18-47(82)50(26-36)96-98(93,94)95)59(89)71-53(64(76)92)48(83)19-22-66-41(32-77)33-78/h9-18,26,34-35,40-41,43-46,48-49,51-55,66,77-85,93-95H,4-8,19-25,27-33H2,1-3H3,(H,67,90)(H,68,86)(H,69,87)(H,70,88)(H,71,89)/t34-,35+,43+,44+,45-,46-,48+,49+,51-,52-,53-,54-,55-/m0/s1. The van der Waals surface area contributed by atoms with Crippen LogP contribution in [0.5, 0.6) is 11.5 Å². The molecule has 538 valence electrons. The Bertz CT molecular complexity index is 3420. The Morgan fingerprint density at radius 3 is 1.98 bits per heavy atom. The molecule has 3 aromatic carbocycles. The minimum Gasteiger partial charge on any atom is -0.504 e. The van der Waals surface area contributed by atoms with Gasteiger partial charge in [-0.3, -0.25) is 47.2 Å². The molecule has 0 spiro atoms. The minimum atomic E-state index is -4.74. The molecule has 4 saturated heterocycles. The van der Waals surface area contributed by atoms with Crippen molar-refractivity contribution < 1.29 is 97.4 Å². The van der Waals surface area contributed by atoms with Crippen LogP contribution < -0.4 is 41.0 Å². The number of aliphatic hydroxyl groups is 8. The molecule has 33 heteroatoms. The smallest absolute Gasteiger partial charge is 0.266 e. The average Bonchev–Trinajstić information content (AvgIpc) is 1.57. The first-order valence-electron chi connectivity index (χ1n) is 33.0. The second-order valence-corrected chi connectivity index (χ2v) is 28.8. The maximum absolute atomic E-state index is 15.0. The molecule has 0 unspecified atom stereocenters. The summed E-state index contributed by atoms with van der Waals surface area (Å²) in [5.41, 5.74) is 2.94. The van der Waals surface area contributed by atoms with Crippen molar-refractivity contribution in [3.05, 3.63) is 77.9 Å². The first-order chi connectivity index (χ1) is 46.5. The number of amides is 7. The molecule has 0 bridgehead atoms. The summed E-state index contributed by atoms with van der Waals surface area (Å²) >= 11 is -3.41. The first kappa shape index (κ1) is 75.0. The molecule has 13 atom stereocenters. The molecule has 98 heavy (non-hydrogen) atoms. The highest BCUT2D eigenvalue weighted by atomic mass is 32.3. The molecule has 4 aliphatic heterocycles. The highest BCUT2D eigenvalue weighted by Crippen LogP contribution is 2.46. The number of hydrogen-bond donors (Lipinski definition) is 18. The van der Waals surface area contributed by atoms with Crippen molar-refractivity contribution in [3.8, 4) is 32.6 Å². The highest BCUT2D eigenvalue weighted by Gasteiger charge is 2.50. The lowest BCUT2D eigenvalue weighted by molar-refractivity contribution is -0.147. The molecule has 4 aromatic rings. The van der Waals surface area contributed by atoms with Crippen molar-refractivity contribution in [2.24, 2.45) is 17.3 Å². The molecule has 1 saturated carbocycles. The molecule has 0 radical (unpaired) electrons. The molecular weight excluding hydrogens is 1320 g/mol. The Morgan fingerprint density at radius 2 is 1.36 bits per heavy atom. The summed E-state index contributed by atoms with van der Waals surface area (Å²) in [6.07, 6.45) is -4.08. The van der Waals surface area contributed by atoms with Gasteiger partial charge in [0.25, 0.3) is 17.1 Å². The van der Waals surface area contributed by atoms with E-state index in [1.807, 2.05) is 12.1 Å². The Balaban J connectivity index is 0.973. The molecule has 18 N–H and O–H groups in total. The van der Waals surface area contributed by atoms with Gasteiger partial charge in [0.2, 0.25) is 35.4 Å². The summed E-state index contributed by atoms with van der Waals surface area (Å²) in [6, 6.07) is 4.93. The van der Waals surface area contributed by atoms with Crippen LogP contribution in [0, 0.1) is 17.3 Å². The van der Waals surface area contributed by atoms with Crippen molar-refractivity contribution in [1.82, 2.24) is 51.9 Å². The van der Waals surface area contributed by atoms with Crippen molar-refractivity contribution in [3.63, 3.8) is 0 Å². The molecule has 5 aliphatic rings. The fourth-order valence-corrected chi connectivity index (χ4v) is 14.9. The third-order valence-electron chi connectivity index (χ3n) is 19.5. The van der Waals surface area contributed by atoms with Gasteiger partial charge < -0.3 is 96.7 Å². The van der Waals surface area contributed by atoms with Gasteiger partial charge in [-0.1, -0.05) is 62.6 Å². The second-order valence-electron chi connectivity index (χ2n) is 26.7. The summed E-state index contributed by atoms with van der Waals surface area (Å²) in [7, 11) is 0. The van der Waals surface area contributed by atoms with Gasteiger partial charge in [-0.25, -0.2) is 0 Å². The number of nitrogens with one attached hydrogen (secondary N) is 6. The fourth-order valence-electron chi connectivity index (χ4n) is 13.7. The molecule has 9 rings (SSSR count). The summed E-state index contributed by atoms with van der Waals surface area (Å²) in [4.78, 5) is 107. The van der Waals surface area contributed by atoms with Gasteiger partial charge in [0, 0.05) is 80.3 Å². The lowest BCUT2D eigenvalue weighted by atomic mass is 9.65. The maximum atomic E-state index is 15.0. The molecule has 1 aliphatic carbocycles. The van der Waals surface area contributed by atoms with E-state index in [4.69, 9.17) is 0 Å². The number of rotatable bonds is 19. The van der Waals surface area contributed by atoms with Crippen LogP contribution in [0.15, 0.2) is 66.7 Å². The van der Waals surface area contributed by atoms with E-state index < -0.39 is 201 Å². The van der Waals surface area contributed by atoms with Gasteiger partial charge in [0.1, 0.15) is 46.3 Å². The number of β-amino-alcohol motifs (C(OH)–C–C–N with tert-alkyl or cyclic N) is 1. The molecule has 5 heterocycles. The number of nitrogens with zero attached hydrogens (tertiary/aromatic N) is 5. The van der Waals surface area contributed by atoms with E-state index in [9.17, 15) is 93.2 Å². The maximum Gasteiger partial charge on any atom is 0.266 e. The summed E-state index contributed by atoms with van der Waals surface area (Å²) in [5.74, 6) is -9.66. The quantitative estimate of drug-likeness (QED) is 0.0566. The molecule has 5 fully saturated rings. The molecular formula is C65H91N11O20S2. The van der Waals surface area contributed by atoms with Crippen LogP contribution in [0.3, 0.4) is 0 Å². The predicted molar refractivity (Wildman–Crippen MR) is 357 cm³/mol. The van der Waals surface area contributed by atoms with Gasteiger partial charge in [-0.2, -0.15) is 0 Å².